The minimum Gasteiger partial charge on any atom is -0.462 e. The van der Waals surface area contributed by atoms with Gasteiger partial charge in [0.2, 0.25) is 13.3 Å². The Kier molecular flexibility index (Phi) is 9.46. The molecule has 1 aliphatic rings. The zero-order valence-electron chi connectivity index (χ0n) is 22.3. The number of benzene rings is 1. The van der Waals surface area contributed by atoms with Gasteiger partial charge in [-0.2, -0.15) is 9.97 Å². The van der Waals surface area contributed by atoms with Crippen molar-refractivity contribution in [3.8, 4) is 12.3 Å². The van der Waals surface area contributed by atoms with Crippen molar-refractivity contribution in [1.82, 2.24) is 24.8 Å². The number of nitrogen functional groups attached to an aromatic ring is 1. The lowest BCUT2D eigenvalue weighted by atomic mass is 9.99. The van der Waals surface area contributed by atoms with E-state index in [0.29, 0.717) is 17.6 Å². The van der Waals surface area contributed by atoms with E-state index < -0.39 is 43.8 Å². The first-order valence-electron chi connectivity index (χ1n) is 12.7. The third kappa shape index (κ3) is 6.63. The molecule has 14 heteroatoms. The van der Waals surface area contributed by atoms with Gasteiger partial charge in [0.1, 0.15) is 23.9 Å². The number of esters is 1. The zero-order chi connectivity index (χ0) is 29.0. The van der Waals surface area contributed by atoms with E-state index in [9.17, 15) is 14.5 Å². The number of nitrogens with zero attached hydrogens (tertiary/aromatic N) is 4. The Hall–Kier alpha value is -3.04. The summed E-state index contributed by atoms with van der Waals surface area (Å²) >= 11 is 5.96. The third-order valence-corrected chi connectivity index (χ3v) is 7.91. The van der Waals surface area contributed by atoms with Gasteiger partial charge >= 0.3 is 5.97 Å². The Balaban J connectivity index is 1.43. The van der Waals surface area contributed by atoms with Gasteiger partial charge in [-0.15, -0.1) is 6.42 Å². The number of carbonyl (C=O) groups is 1. The van der Waals surface area contributed by atoms with Crippen LogP contribution < -0.4 is 11.1 Å². The van der Waals surface area contributed by atoms with Crippen molar-refractivity contribution in [1.29, 1.82) is 0 Å². The van der Waals surface area contributed by atoms with Crippen LogP contribution in [0.5, 0.6) is 0 Å². The number of hydrogen-bond acceptors (Lipinski definition) is 11. The largest absolute Gasteiger partial charge is 0.462 e. The molecule has 4 N–H and O–H groups in total. The van der Waals surface area contributed by atoms with Gasteiger partial charge in [-0.25, -0.2) is 4.98 Å². The van der Waals surface area contributed by atoms with Crippen molar-refractivity contribution in [2.75, 3.05) is 12.3 Å². The van der Waals surface area contributed by atoms with Crippen molar-refractivity contribution in [3.05, 3.63) is 47.5 Å². The third-order valence-electron chi connectivity index (χ3n) is 6.44. The van der Waals surface area contributed by atoms with Gasteiger partial charge in [-0.3, -0.25) is 19.2 Å². The second-order valence-corrected chi connectivity index (χ2v) is 11.9. The maximum Gasteiger partial charge on any atom is 0.323 e. The van der Waals surface area contributed by atoms with Crippen molar-refractivity contribution in [3.63, 3.8) is 0 Å². The number of ether oxygens (including phenoxy) is 2. The van der Waals surface area contributed by atoms with E-state index in [0.717, 1.165) is 5.56 Å². The molecule has 2 unspecified atom stereocenters. The van der Waals surface area contributed by atoms with E-state index in [-0.39, 0.29) is 30.2 Å². The van der Waals surface area contributed by atoms with Crippen LogP contribution in [0.2, 0.25) is 5.28 Å². The summed E-state index contributed by atoms with van der Waals surface area (Å²) in [6, 6.07) is 8.66. The van der Waals surface area contributed by atoms with Crippen LogP contribution >= 0.6 is 19.6 Å². The quantitative estimate of drug-likeness (QED) is 0.130. The van der Waals surface area contributed by atoms with Gasteiger partial charge in [0, 0.05) is 6.42 Å². The predicted octanol–water partition coefficient (Wildman–Crippen LogP) is 2.70. The summed E-state index contributed by atoms with van der Waals surface area (Å²) in [6.45, 7) is 4.81. The van der Waals surface area contributed by atoms with E-state index in [1.807, 2.05) is 30.3 Å². The number of fused-ring (bicyclic) bond motifs is 1. The van der Waals surface area contributed by atoms with Crippen LogP contribution in [0, 0.1) is 12.3 Å². The summed E-state index contributed by atoms with van der Waals surface area (Å²) in [7, 11) is -2.82. The lowest BCUT2D eigenvalue weighted by Crippen LogP contribution is -2.45. The van der Waals surface area contributed by atoms with E-state index >= 15 is 0 Å². The van der Waals surface area contributed by atoms with E-state index in [1.54, 1.807) is 25.3 Å². The SMILES string of the molecule is C#C[C@]1(CO[PH](=O)C(C)N[C@@H](Cc2ccccc2)C(=O)OC(C)C)O[C@@H](n2cnc3c(N)nc(Cl)nc32)C[C@@H]1O. The molecule has 3 aromatic rings. The number of nitrogens with one attached hydrogen (secondary N) is 1. The molecular weight excluding hydrogens is 559 g/mol. The van der Waals surface area contributed by atoms with Crippen molar-refractivity contribution < 1.29 is 28.5 Å². The van der Waals surface area contributed by atoms with E-state index in [1.165, 1.54) is 6.33 Å². The normalized spacial score (nSPS) is 23.1. The molecule has 1 aromatic carbocycles. The molecule has 1 fully saturated rings. The van der Waals surface area contributed by atoms with Gasteiger partial charge in [0.05, 0.1) is 24.8 Å². The number of halogens is 1. The number of hydrogen-bond donors (Lipinski definition) is 3. The van der Waals surface area contributed by atoms with Crippen LogP contribution in [-0.4, -0.2) is 66.8 Å². The van der Waals surface area contributed by atoms with E-state index in [4.69, 9.17) is 37.8 Å². The number of rotatable bonds is 11. The fourth-order valence-corrected chi connectivity index (χ4v) is 5.51. The van der Waals surface area contributed by atoms with Gasteiger partial charge in [-0.05, 0) is 44.4 Å². The highest BCUT2D eigenvalue weighted by Crippen LogP contribution is 2.40. The molecule has 0 spiro atoms. The minimum atomic E-state index is -2.82. The van der Waals surface area contributed by atoms with Crippen molar-refractivity contribution in [2.24, 2.45) is 0 Å². The fraction of sp³-hybridized carbons (Fsp3) is 0.462. The Morgan fingerprint density at radius 3 is 2.77 bits per heavy atom. The summed E-state index contributed by atoms with van der Waals surface area (Å²) in [6.07, 6.45) is 5.39. The van der Waals surface area contributed by atoms with Gasteiger partial charge in [0.15, 0.2) is 17.1 Å². The summed E-state index contributed by atoms with van der Waals surface area (Å²) in [4.78, 5) is 25.0. The Morgan fingerprint density at radius 1 is 1.38 bits per heavy atom. The standard InChI is InChI=1S/C26H32ClN6O6P/c1-5-26(19(34)12-20(39-26)33-14-29-21-22(28)31-25(27)32-23(21)33)13-37-40(36)16(4)30-18(24(35)38-15(2)3)11-17-9-7-6-8-10-17/h1,6-10,14-16,18-20,30,34,40H,11-13H2,2-4H3,(H2,28,31,32)/t16?,18-,19-,20+,26+/m0/s1. The zero-order valence-corrected chi connectivity index (χ0v) is 24.0. The minimum absolute atomic E-state index is 0.0697. The Bertz CT molecular complexity index is 1420. The molecule has 40 heavy (non-hydrogen) atoms. The van der Waals surface area contributed by atoms with E-state index in [2.05, 4.69) is 26.2 Å². The number of terminal acetylenes is 1. The van der Waals surface area contributed by atoms with Crippen LogP contribution in [0.1, 0.15) is 39.0 Å². The molecule has 0 bridgehead atoms. The second-order valence-electron chi connectivity index (χ2n) is 9.78. The molecular formula is C26H32ClN6O6P. The first-order chi connectivity index (χ1) is 19.0. The smallest absolute Gasteiger partial charge is 0.323 e. The van der Waals surface area contributed by atoms with Gasteiger partial charge in [-0.1, -0.05) is 36.3 Å². The number of anilines is 1. The molecule has 214 valence electrons. The number of nitrogens with two attached hydrogens (primary N) is 1. The topological polar surface area (TPSA) is 164 Å². The van der Waals surface area contributed by atoms with Gasteiger partial charge < -0.3 is 24.8 Å². The van der Waals surface area contributed by atoms with Gasteiger partial charge in [0.25, 0.3) is 0 Å². The van der Waals surface area contributed by atoms with Crippen molar-refractivity contribution in [2.45, 2.75) is 69.5 Å². The fourth-order valence-electron chi connectivity index (χ4n) is 4.39. The number of carbonyl (C=O) groups excluding carboxylic acids is 1. The lowest BCUT2D eigenvalue weighted by molar-refractivity contribution is -0.150. The molecule has 6 atom stereocenters. The number of aliphatic hydroxyl groups is 1. The van der Waals surface area contributed by atoms with Crippen molar-refractivity contribution >= 4 is 42.6 Å². The molecule has 1 aliphatic heterocycles. The van der Waals surface area contributed by atoms with Crippen LogP contribution in [0.25, 0.3) is 11.2 Å². The molecule has 0 amide bonds. The summed E-state index contributed by atoms with van der Waals surface area (Å²) < 4.78 is 31.8. The average molecular weight is 591 g/mol. The highest BCUT2D eigenvalue weighted by Gasteiger charge is 2.49. The molecule has 1 saturated heterocycles. The molecule has 12 nitrogen and oxygen atoms in total. The summed E-state index contributed by atoms with van der Waals surface area (Å²) in [5.74, 6) is 1.38. The molecule has 3 heterocycles. The Morgan fingerprint density at radius 2 is 2.10 bits per heavy atom. The highest BCUT2D eigenvalue weighted by molar-refractivity contribution is 7.39. The number of imidazole rings is 1. The molecule has 0 saturated carbocycles. The number of aliphatic hydroxyl groups excluding tert-OH is 1. The maximum absolute atomic E-state index is 13.1. The monoisotopic (exact) mass is 590 g/mol. The predicted molar refractivity (Wildman–Crippen MR) is 150 cm³/mol. The van der Waals surface area contributed by atoms with Crippen LogP contribution in [0.4, 0.5) is 5.82 Å². The lowest BCUT2D eigenvalue weighted by Gasteiger charge is -2.28. The van der Waals surface area contributed by atoms with Crippen LogP contribution in [-0.2, 0) is 29.8 Å². The Labute approximate surface area is 237 Å². The highest BCUT2D eigenvalue weighted by atomic mass is 35.5. The molecule has 0 radical (unpaired) electrons. The average Bonchev–Trinajstić information content (AvgIpc) is 3.48. The molecule has 4 rings (SSSR count). The molecule has 0 aliphatic carbocycles. The first kappa shape index (κ1) is 29.9. The number of aromatic nitrogens is 4. The first-order valence-corrected chi connectivity index (χ1v) is 14.5. The summed E-state index contributed by atoms with van der Waals surface area (Å²) in [5.41, 5.74) is 5.84. The van der Waals surface area contributed by atoms with Crippen LogP contribution in [0.3, 0.4) is 0 Å². The van der Waals surface area contributed by atoms with Crippen LogP contribution in [0.15, 0.2) is 36.7 Å². The molecule has 2 aromatic heterocycles. The second kappa shape index (κ2) is 12.6. The summed E-state index contributed by atoms with van der Waals surface area (Å²) in [5, 5.41) is 13.9. The maximum atomic E-state index is 13.1.